The molecule has 3 N–H and O–H groups in total. The van der Waals surface area contributed by atoms with Gasteiger partial charge in [-0.2, -0.15) is 13.2 Å². The number of carbonyl (C=O) groups is 2. The van der Waals surface area contributed by atoms with Crippen LogP contribution in [0.25, 0.3) is 10.9 Å². The van der Waals surface area contributed by atoms with E-state index >= 15 is 0 Å². The molecule has 224 valence electrons. The first-order valence-corrected chi connectivity index (χ1v) is 15.6. The highest BCUT2D eigenvalue weighted by Crippen LogP contribution is 2.35. The second-order valence-corrected chi connectivity index (χ2v) is 13.0. The van der Waals surface area contributed by atoms with Crippen molar-refractivity contribution in [1.29, 1.82) is 0 Å². The maximum absolute atomic E-state index is 13.7. The van der Waals surface area contributed by atoms with E-state index in [1.807, 2.05) is 0 Å². The quantitative estimate of drug-likeness (QED) is 0.345. The van der Waals surface area contributed by atoms with Crippen LogP contribution in [0, 0.1) is 5.92 Å². The second kappa shape index (κ2) is 11.6. The maximum atomic E-state index is 13.7. The molecule has 2 fully saturated rings. The normalized spacial score (nSPS) is 19.7. The smallest absolute Gasteiger partial charge is 0.380 e. The second-order valence-electron chi connectivity index (χ2n) is 10.8. The zero-order valence-electron chi connectivity index (χ0n) is 22.5. The van der Waals surface area contributed by atoms with Gasteiger partial charge in [-0.3, -0.25) is 14.3 Å². The molecule has 42 heavy (non-hydrogen) atoms. The summed E-state index contributed by atoms with van der Waals surface area (Å²) >= 11 is 6.15. The Morgan fingerprint density at radius 1 is 1.05 bits per heavy atom. The number of fused-ring (bicyclic) bond motifs is 1. The van der Waals surface area contributed by atoms with E-state index in [1.165, 1.54) is 42.5 Å². The fourth-order valence-corrected chi connectivity index (χ4v) is 6.02. The first kappa shape index (κ1) is 29.9. The Bertz CT molecular complexity index is 1630. The molecule has 5 rings (SSSR count). The minimum atomic E-state index is -4.68. The van der Waals surface area contributed by atoms with Crippen LogP contribution in [0.5, 0.6) is 0 Å². The Kier molecular flexibility index (Phi) is 8.26. The highest BCUT2D eigenvalue weighted by molar-refractivity contribution is 7.92. The van der Waals surface area contributed by atoms with Crippen LogP contribution >= 0.6 is 11.6 Å². The monoisotopic (exact) mass is 623 g/mol. The van der Waals surface area contributed by atoms with Gasteiger partial charge in [-0.15, -0.1) is 0 Å². The van der Waals surface area contributed by atoms with E-state index in [4.69, 9.17) is 11.6 Å². The van der Waals surface area contributed by atoms with E-state index in [2.05, 4.69) is 20.3 Å². The van der Waals surface area contributed by atoms with Crippen molar-refractivity contribution in [3.05, 3.63) is 64.8 Å². The number of halogens is 4. The van der Waals surface area contributed by atoms with Crippen molar-refractivity contribution in [2.45, 2.75) is 43.9 Å². The predicted molar refractivity (Wildman–Crippen MR) is 154 cm³/mol. The van der Waals surface area contributed by atoms with Gasteiger partial charge >= 0.3 is 6.18 Å². The topological polar surface area (TPSA) is 120 Å². The molecule has 14 heteroatoms. The zero-order valence-corrected chi connectivity index (χ0v) is 24.1. The number of likely N-dealkylation sites (tertiary alicyclic amines) is 1. The van der Waals surface area contributed by atoms with Gasteiger partial charge in [0.1, 0.15) is 5.69 Å². The number of alkyl halides is 3. The zero-order chi connectivity index (χ0) is 30.2. The van der Waals surface area contributed by atoms with E-state index in [1.54, 1.807) is 4.90 Å². The molecule has 2 aromatic carbocycles. The van der Waals surface area contributed by atoms with E-state index in [0.29, 0.717) is 16.8 Å². The number of nitrogens with zero attached hydrogens (tertiary/aromatic N) is 2. The minimum Gasteiger partial charge on any atom is -0.380 e. The SMILES string of the molecule is CS(=O)(=O)Nc1cccc(C(=O)N[C@H]2C[C@@H](Nc3cc(C(F)(F)F)nc4ccc(Cl)cc34)CN(C(=O)C3CCC3)C2)c1. The summed E-state index contributed by atoms with van der Waals surface area (Å²) in [4.78, 5) is 31.8. The molecule has 2 amide bonds. The number of anilines is 2. The number of hydrogen-bond acceptors (Lipinski definition) is 6. The highest BCUT2D eigenvalue weighted by atomic mass is 35.5. The highest BCUT2D eigenvalue weighted by Gasteiger charge is 2.37. The molecule has 3 aromatic rings. The molecular weight excluding hydrogens is 595 g/mol. The summed E-state index contributed by atoms with van der Waals surface area (Å²) in [6.07, 6.45) is -0.874. The van der Waals surface area contributed by atoms with E-state index in [-0.39, 0.29) is 47.4 Å². The van der Waals surface area contributed by atoms with Gasteiger partial charge in [0.25, 0.3) is 5.91 Å². The van der Waals surface area contributed by atoms with Gasteiger partial charge in [-0.05, 0) is 61.7 Å². The Morgan fingerprint density at radius 3 is 2.45 bits per heavy atom. The molecule has 1 saturated carbocycles. The van der Waals surface area contributed by atoms with Crippen LogP contribution in [0.15, 0.2) is 48.5 Å². The Hall–Kier alpha value is -3.58. The number of piperidine rings is 1. The lowest BCUT2D eigenvalue weighted by atomic mass is 9.83. The summed E-state index contributed by atoms with van der Waals surface area (Å²) in [5.41, 5.74) is -0.353. The number of amides is 2. The van der Waals surface area contributed by atoms with E-state index in [9.17, 15) is 31.2 Å². The minimum absolute atomic E-state index is 0.0510. The van der Waals surface area contributed by atoms with Crippen LogP contribution < -0.4 is 15.4 Å². The van der Waals surface area contributed by atoms with Gasteiger partial charge < -0.3 is 15.5 Å². The molecule has 1 aliphatic heterocycles. The average molecular weight is 624 g/mol. The molecule has 0 radical (unpaired) electrons. The van der Waals surface area contributed by atoms with Crippen LogP contribution in [0.2, 0.25) is 5.02 Å². The number of nitrogens with one attached hydrogen (secondary N) is 3. The maximum Gasteiger partial charge on any atom is 0.433 e. The van der Waals surface area contributed by atoms with Crippen LogP contribution in [-0.2, 0) is 21.0 Å². The van der Waals surface area contributed by atoms with Gasteiger partial charge in [0.2, 0.25) is 15.9 Å². The molecule has 0 spiro atoms. The summed E-state index contributed by atoms with van der Waals surface area (Å²) in [5, 5.41) is 6.83. The van der Waals surface area contributed by atoms with Crippen molar-refractivity contribution in [1.82, 2.24) is 15.2 Å². The lowest BCUT2D eigenvalue weighted by Gasteiger charge is -2.41. The fourth-order valence-electron chi connectivity index (χ4n) is 5.29. The summed E-state index contributed by atoms with van der Waals surface area (Å²) in [6.45, 7) is 0.471. The van der Waals surface area contributed by atoms with Gasteiger partial charge in [0.05, 0.1) is 11.8 Å². The first-order chi connectivity index (χ1) is 19.7. The number of carbonyl (C=O) groups excluding carboxylic acids is 2. The van der Waals surface area contributed by atoms with Crippen molar-refractivity contribution in [2.24, 2.45) is 5.92 Å². The number of benzene rings is 2. The average Bonchev–Trinajstić information content (AvgIpc) is 2.86. The number of sulfonamides is 1. The largest absolute Gasteiger partial charge is 0.433 e. The Morgan fingerprint density at radius 2 is 1.79 bits per heavy atom. The van der Waals surface area contributed by atoms with Crippen LogP contribution in [0.1, 0.15) is 41.7 Å². The van der Waals surface area contributed by atoms with Crippen molar-refractivity contribution in [3.63, 3.8) is 0 Å². The number of pyridine rings is 1. The summed E-state index contributed by atoms with van der Waals surface area (Å²) < 4.78 is 66.6. The molecule has 1 aliphatic carbocycles. The number of hydrogen-bond donors (Lipinski definition) is 3. The van der Waals surface area contributed by atoms with E-state index in [0.717, 1.165) is 31.6 Å². The number of rotatable bonds is 7. The van der Waals surface area contributed by atoms with Gasteiger partial charge in [-0.25, -0.2) is 13.4 Å². The van der Waals surface area contributed by atoms with Crippen molar-refractivity contribution < 1.29 is 31.2 Å². The van der Waals surface area contributed by atoms with Crippen molar-refractivity contribution in [3.8, 4) is 0 Å². The summed E-state index contributed by atoms with van der Waals surface area (Å²) in [5.74, 6) is -0.643. The first-order valence-electron chi connectivity index (χ1n) is 13.4. The number of aromatic nitrogens is 1. The lowest BCUT2D eigenvalue weighted by molar-refractivity contribution is -0.141. The third-order valence-corrected chi connectivity index (χ3v) is 8.24. The fraction of sp³-hybridized carbons (Fsp3) is 0.393. The van der Waals surface area contributed by atoms with E-state index < -0.39 is 39.9 Å². The third kappa shape index (κ3) is 7.06. The predicted octanol–water partition coefficient (Wildman–Crippen LogP) is 4.89. The lowest BCUT2D eigenvalue weighted by Crippen LogP contribution is -2.57. The third-order valence-electron chi connectivity index (χ3n) is 7.40. The molecule has 0 unspecified atom stereocenters. The van der Waals surface area contributed by atoms with Crippen LogP contribution in [-0.4, -0.2) is 61.5 Å². The molecule has 2 aliphatic rings. The van der Waals surface area contributed by atoms with Gasteiger partial charge in [-0.1, -0.05) is 24.1 Å². The summed E-state index contributed by atoms with van der Waals surface area (Å²) in [7, 11) is -3.55. The molecule has 9 nitrogen and oxygen atoms in total. The molecule has 1 aromatic heterocycles. The molecule has 1 saturated heterocycles. The Balaban J connectivity index is 1.41. The Labute approximate surface area is 245 Å². The van der Waals surface area contributed by atoms with Crippen LogP contribution in [0.4, 0.5) is 24.5 Å². The van der Waals surface area contributed by atoms with Crippen molar-refractivity contribution in [2.75, 3.05) is 29.4 Å². The molecule has 0 bridgehead atoms. The van der Waals surface area contributed by atoms with Crippen molar-refractivity contribution >= 4 is 55.7 Å². The molecule has 2 atom stereocenters. The molecular formula is C28H29ClF3N5O4S. The standard InChI is InChI=1S/C28H29ClF3N5O4S/c1-42(40,41)36-19-7-3-6-17(10-19)26(38)34-21-12-20(14-37(15-21)27(39)16-4-2-5-16)33-24-13-25(28(30,31)32)35-23-9-8-18(29)11-22(23)24/h3,6-11,13,16,20-21,36H,2,4-5,12,14-15H2,1H3,(H,33,35)(H,34,38)/t20-,21+/m1/s1. The van der Waals surface area contributed by atoms with Gasteiger partial charge in [0, 0.05) is 58.4 Å². The van der Waals surface area contributed by atoms with Gasteiger partial charge in [0.15, 0.2) is 0 Å². The van der Waals surface area contributed by atoms with Crippen LogP contribution in [0.3, 0.4) is 0 Å². The summed E-state index contributed by atoms with van der Waals surface area (Å²) in [6, 6.07) is 10.3. The molecule has 2 heterocycles.